The highest BCUT2D eigenvalue weighted by atomic mass is 32.2. The van der Waals surface area contributed by atoms with Gasteiger partial charge in [0.25, 0.3) is 0 Å². The summed E-state index contributed by atoms with van der Waals surface area (Å²) in [5.41, 5.74) is -0.205. The average molecular weight is 269 g/mol. The fraction of sp³-hybridized carbons (Fsp3) is 0.636. The molecule has 1 unspecified atom stereocenters. The Kier molecular flexibility index (Phi) is 4.89. The number of hydrogen-bond donors (Lipinski definition) is 1. The van der Waals surface area contributed by atoms with Crippen molar-refractivity contribution in [3.05, 3.63) is 12.7 Å². The topological polar surface area (TPSA) is 72.7 Å². The maximum atomic E-state index is 11.7. The molecule has 0 saturated carbocycles. The number of amides is 1. The molecule has 18 heavy (non-hydrogen) atoms. The van der Waals surface area contributed by atoms with Crippen LogP contribution in [0, 0.1) is 0 Å². The van der Waals surface area contributed by atoms with Crippen LogP contribution in [0.1, 0.15) is 27.7 Å². The van der Waals surface area contributed by atoms with Crippen molar-refractivity contribution in [2.45, 2.75) is 43.6 Å². The van der Waals surface area contributed by atoms with Crippen molar-refractivity contribution < 1.29 is 4.79 Å². The van der Waals surface area contributed by atoms with Crippen LogP contribution in [-0.2, 0) is 10.3 Å². The lowest BCUT2D eigenvalue weighted by molar-refractivity contribution is -0.120. The molecule has 1 aromatic heterocycles. The number of carbonyl (C=O) groups is 1. The molecule has 1 heterocycles. The van der Waals surface area contributed by atoms with Gasteiger partial charge in [-0.15, -0.1) is 11.7 Å². The SMILES string of the molecule is C=CCNC(=O)C(C)Sc1nnnn1C(C)(C)C. The van der Waals surface area contributed by atoms with E-state index in [2.05, 4.69) is 27.4 Å². The molecule has 0 spiro atoms. The maximum absolute atomic E-state index is 11.7. The van der Waals surface area contributed by atoms with Gasteiger partial charge in [-0.3, -0.25) is 4.79 Å². The lowest BCUT2D eigenvalue weighted by atomic mass is 10.1. The van der Waals surface area contributed by atoms with Gasteiger partial charge >= 0.3 is 0 Å². The zero-order valence-electron chi connectivity index (χ0n) is 11.2. The molecule has 1 rings (SSSR count). The molecule has 1 amide bonds. The summed E-state index contributed by atoms with van der Waals surface area (Å²) in [5, 5.41) is 14.7. The third kappa shape index (κ3) is 3.83. The van der Waals surface area contributed by atoms with E-state index in [9.17, 15) is 4.79 Å². The van der Waals surface area contributed by atoms with Crippen LogP contribution in [0.3, 0.4) is 0 Å². The van der Waals surface area contributed by atoms with Crippen LogP contribution in [0.15, 0.2) is 17.8 Å². The van der Waals surface area contributed by atoms with E-state index in [0.29, 0.717) is 11.7 Å². The predicted octanol–water partition coefficient (Wildman–Crippen LogP) is 1.21. The van der Waals surface area contributed by atoms with Gasteiger partial charge in [-0.2, -0.15) is 0 Å². The highest BCUT2D eigenvalue weighted by molar-refractivity contribution is 8.00. The predicted molar refractivity (Wildman–Crippen MR) is 71.3 cm³/mol. The Morgan fingerprint density at radius 1 is 1.61 bits per heavy atom. The van der Waals surface area contributed by atoms with Crippen LogP contribution in [0.5, 0.6) is 0 Å². The summed E-state index contributed by atoms with van der Waals surface area (Å²) in [4.78, 5) is 11.7. The highest BCUT2D eigenvalue weighted by Gasteiger charge is 2.23. The number of thioether (sulfide) groups is 1. The summed E-state index contributed by atoms with van der Waals surface area (Å²) in [6, 6.07) is 0. The molecule has 1 N–H and O–H groups in total. The minimum Gasteiger partial charge on any atom is -0.352 e. The first kappa shape index (κ1) is 14.7. The summed E-state index contributed by atoms with van der Waals surface area (Å²) < 4.78 is 1.72. The second-order valence-corrected chi connectivity index (χ2v) is 6.15. The van der Waals surface area contributed by atoms with Crippen molar-refractivity contribution in [3.8, 4) is 0 Å². The normalized spacial score (nSPS) is 13.1. The van der Waals surface area contributed by atoms with Gasteiger partial charge in [-0.05, 0) is 38.1 Å². The van der Waals surface area contributed by atoms with E-state index >= 15 is 0 Å². The average Bonchev–Trinajstić information content (AvgIpc) is 2.73. The van der Waals surface area contributed by atoms with Crippen LogP contribution in [0.2, 0.25) is 0 Å². The first-order valence-electron chi connectivity index (χ1n) is 5.70. The summed E-state index contributed by atoms with van der Waals surface area (Å²) in [7, 11) is 0. The fourth-order valence-electron chi connectivity index (χ4n) is 1.20. The molecule has 1 atom stereocenters. The van der Waals surface area contributed by atoms with E-state index in [1.165, 1.54) is 11.8 Å². The molecule has 0 aromatic carbocycles. The standard InChI is InChI=1S/C11H19N5OS/c1-6-7-12-9(17)8(2)18-10-13-14-15-16(10)11(3,4)5/h6,8H,1,7H2,2-5H3,(H,12,17). The van der Waals surface area contributed by atoms with Crippen molar-refractivity contribution >= 4 is 17.7 Å². The summed E-state index contributed by atoms with van der Waals surface area (Å²) >= 11 is 1.34. The lowest BCUT2D eigenvalue weighted by Gasteiger charge is -2.20. The molecule has 7 heteroatoms. The third-order valence-electron chi connectivity index (χ3n) is 2.15. The first-order chi connectivity index (χ1) is 8.36. The molecule has 0 fully saturated rings. The summed E-state index contributed by atoms with van der Waals surface area (Å²) in [6.45, 7) is 11.9. The van der Waals surface area contributed by atoms with Gasteiger partial charge in [-0.1, -0.05) is 17.8 Å². The van der Waals surface area contributed by atoms with Gasteiger partial charge < -0.3 is 5.32 Å². The number of rotatable bonds is 5. The zero-order chi connectivity index (χ0) is 13.8. The number of nitrogens with zero attached hydrogens (tertiary/aromatic N) is 4. The van der Waals surface area contributed by atoms with Gasteiger partial charge in [0.1, 0.15) is 0 Å². The van der Waals surface area contributed by atoms with E-state index in [-0.39, 0.29) is 16.7 Å². The lowest BCUT2D eigenvalue weighted by Crippen LogP contribution is -2.31. The van der Waals surface area contributed by atoms with Crippen molar-refractivity contribution in [1.82, 2.24) is 25.5 Å². The second-order valence-electron chi connectivity index (χ2n) is 4.84. The zero-order valence-corrected chi connectivity index (χ0v) is 12.0. The Labute approximate surface area is 111 Å². The van der Waals surface area contributed by atoms with Crippen LogP contribution in [-0.4, -0.2) is 37.9 Å². The van der Waals surface area contributed by atoms with Crippen molar-refractivity contribution in [3.63, 3.8) is 0 Å². The van der Waals surface area contributed by atoms with Crippen molar-refractivity contribution in [1.29, 1.82) is 0 Å². The molecule has 6 nitrogen and oxygen atoms in total. The molecule has 0 bridgehead atoms. The second kappa shape index (κ2) is 5.99. The van der Waals surface area contributed by atoms with E-state index < -0.39 is 0 Å². The molecule has 0 aliphatic carbocycles. The highest BCUT2D eigenvalue weighted by Crippen LogP contribution is 2.24. The molecule has 1 aromatic rings. The number of nitrogens with one attached hydrogen (secondary N) is 1. The summed E-state index contributed by atoms with van der Waals surface area (Å²) in [5.74, 6) is -0.0524. The van der Waals surface area contributed by atoms with Gasteiger partial charge in [-0.25, -0.2) is 4.68 Å². The number of hydrogen-bond acceptors (Lipinski definition) is 5. The molecule has 0 radical (unpaired) electrons. The van der Waals surface area contributed by atoms with Gasteiger partial charge in [0.15, 0.2) is 0 Å². The monoisotopic (exact) mass is 269 g/mol. The van der Waals surface area contributed by atoms with E-state index in [4.69, 9.17) is 0 Å². The van der Waals surface area contributed by atoms with Gasteiger partial charge in [0.2, 0.25) is 11.1 Å². The molecule has 0 aliphatic heterocycles. The smallest absolute Gasteiger partial charge is 0.233 e. The molecular formula is C11H19N5OS. The Hall–Kier alpha value is -1.37. The van der Waals surface area contributed by atoms with E-state index in [0.717, 1.165) is 0 Å². The fourth-order valence-corrected chi connectivity index (χ4v) is 2.20. The number of carbonyl (C=O) groups excluding carboxylic acids is 1. The Morgan fingerprint density at radius 3 is 2.83 bits per heavy atom. The van der Waals surface area contributed by atoms with E-state index in [1.807, 2.05) is 27.7 Å². The van der Waals surface area contributed by atoms with Gasteiger partial charge in [0, 0.05) is 6.54 Å². The Balaban J connectivity index is 2.70. The summed E-state index contributed by atoms with van der Waals surface area (Å²) in [6.07, 6.45) is 1.65. The Morgan fingerprint density at radius 2 is 2.28 bits per heavy atom. The van der Waals surface area contributed by atoms with Crippen molar-refractivity contribution in [2.75, 3.05) is 6.54 Å². The van der Waals surface area contributed by atoms with Crippen LogP contribution >= 0.6 is 11.8 Å². The van der Waals surface area contributed by atoms with Crippen LogP contribution < -0.4 is 5.32 Å². The third-order valence-corrected chi connectivity index (χ3v) is 3.18. The quantitative estimate of drug-likeness (QED) is 0.642. The number of aromatic nitrogens is 4. The van der Waals surface area contributed by atoms with E-state index in [1.54, 1.807) is 10.8 Å². The first-order valence-corrected chi connectivity index (χ1v) is 6.58. The Bertz CT molecular complexity index is 423. The number of tetrazole rings is 1. The minimum absolute atomic E-state index is 0.0524. The van der Waals surface area contributed by atoms with Crippen molar-refractivity contribution in [2.24, 2.45) is 0 Å². The molecule has 0 aliphatic rings. The van der Waals surface area contributed by atoms with Gasteiger partial charge in [0.05, 0.1) is 10.8 Å². The van der Waals surface area contributed by atoms with Crippen LogP contribution in [0.25, 0.3) is 0 Å². The minimum atomic E-state index is -0.253. The van der Waals surface area contributed by atoms with Crippen LogP contribution in [0.4, 0.5) is 0 Å². The molecule has 100 valence electrons. The molecular weight excluding hydrogens is 250 g/mol. The largest absolute Gasteiger partial charge is 0.352 e. The molecule has 0 saturated heterocycles. The maximum Gasteiger partial charge on any atom is 0.233 e.